The summed E-state index contributed by atoms with van der Waals surface area (Å²) in [5, 5.41) is 3.05. The van der Waals surface area contributed by atoms with E-state index in [9.17, 15) is 8.78 Å². The van der Waals surface area contributed by atoms with Crippen LogP contribution in [0.1, 0.15) is 18.9 Å². The fraction of sp³-hybridized carbons (Fsp3) is 0.333. The van der Waals surface area contributed by atoms with Gasteiger partial charge in [0.05, 0.1) is 0 Å². The molecular formula is C12H15F2N. The molecule has 1 aromatic carbocycles. The molecule has 1 nitrogen and oxygen atoms in total. The molecule has 0 aliphatic carbocycles. The third-order valence-electron chi connectivity index (χ3n) is 2.21. The number of hydrogen-bond donors (Lipinski definition) is 1. The molecule has 0 radical (unpaired) electrons. The van der Waals surface area contributed by atoms with Crippen molar-refractivity contribution in [3.05, 3.63) is 47.5 Å². The van der Waals surface area contributed by atoms with E-state index in [4.69, 9.17) is 0 Å². The fourth-order valence-corrected chi connectivity index (χ4v) is 1.16. The minimum absolute atomic E-state index is 0.394. The molecule has 0 aromatic heterocycles. The molecule has 0 unspecified atom stereocenters. The van der Waals surface area contributed by atoms with Crippen molar-refractivity contribution in [2.75, 3.05) is 6.54 Å². The van der Waals surface area contributed by atoms with Gasteiger partial charge in [-0.1, -0.05) is 25.1 Å². The Bertz CT molecular complexity index is 347. The summed E-state index contributed by atoms with van der Waals surface area (Å²) in [6.07, 6.45) is 0.902. The smallest absolute Gasteiger partial charge is 0.130 e. The van der Waals surface area contributed by atoms with Crippen molar-refractivity contribution in [2.45, 2.75) is 19.9 Å². The first-order valence-corrected chi connectivity index (χ1v) is 4.94. The molecule has 82 valence electrons. The van der Waals surface area contributed by atoms with Gasteiger partial charge in [-0.05, 0) is 12.5 Å². The summed E-state index contributed by atoms with van der Waals surface area (Å²) in [5.41, 5.74) is 1.54. The van der Waals surface area contributed by atoms with Crippen molar-refractivity contribution in [3.63, 3.8) is 0 Å². The predicted molar refractivity (Wildman–Crippen MR) is 57.5 cm³/mol. The van der Waals surface area contributed by atoms with Crippen LogP contribution in [0.2, 0.25) is 0 Å². The molecule has 0 heterocycles. The number of rotatable bonds is 5. The number of benzene rings is 1. The Morgan fingerprint density at radius 2 is 2.13 bits per heavy atom. The van der Waals surface area contributed by atoms with E-state index in [-0.39, 0.29) is 0 Å². The molecule has 0 amide bonds. The van der Waals surface area contributed by atoms with E-state index >= 15 is 0 Å². The monoisotopic (exact) mass is 211 g/mol. The molecular weight excluding hydrogens is 196 g/mol. The average Bonchev–Trinajstić information content (AvgIpc) is 2.21. The zero-order valence-corrected chi connectivity index (χ0v) is 8.82. The van der Waals surface area contributed by atoms with Gasteiger partial charge in [-0.2, -0.15) is 0 Å². The first-order chi connectivity index (χ1) is 7.13. The lowest BCUT2D eigenvalue weighted by Crippen LogP contribution is -2.16. The molecule has 0 bridgehead atoms. The van der Waals surface area contributed by atoms with Gasteiger partial charge in [-0.25, -0.2) is 8.78 Å². The molecule has 0 spiro atoms. The lowest BCUT2D eigenvalue weighted by atomic mass is 10.2. The Kier molecular flexibility index (Phi) is 4.43. The molecule has 15 heavy (non-hydrogen) atoms. The van der Waals surface area contributed by atoms with Gasteiger partial charge in [0, 0.05) is 24.7 Å². The molecule has 1 aromatic rings. The third kappa shape index (κ3) is 3.80. The van der Waals surface area contributed by atoms with Gasteiger partial charge in [0.2, 0.25) is 0 Å². The van der Waals surface area contributed by atoms with E-state index in [1.807, 2.05) is 6.92 Å². The zero-order valence-electron chi connectivity index (χ0n) is 8.82. The zero-order chi connectivity index (χ0) is 11.3. The summed E-state index contributed by atoms with van der Waals surface area (Å²) in [7, 11) is 0. The average molecular weight is 211 g/mol. The summed E-state index contributed by atoms with van der Waals surface area (Å²) >= 11 is 0. The van der Waals surface area contributed by atoms with E-state index < -0.39 is 11.6 Å². The Morgan fingerprint density at radius 1 is 1.40 bits per heavy atom. The van der Waals surface area contributed by atoms with Crippen LogP contribution in [0, 0.1) is 11.6 Å². The molecule has 0 saturated carbocycles. The Hall–Kier alpha value is -1.22. The van der Waals surface area contributed by atoms with Crippen molar-refractivity contribution >= 4 is 0 Å². The van der Waals surface area contributed by atoms with Gasteiger partial charge in [-0.15, -0.1) is 0 Å². The fourth-order valence-electron chi connectivity index (χ4n) is 1.16. The standard InChI is InChI=1S/C12H15F2N/c1-3-9(2)7-15-8-10-4-5-11(13)6-12(10)14/h4-6,15H,2-3,7-8H2,1H3. The van der Waals surface area contributed by atoms with E-state index in [0.29, 0.717) is 18.7 Å². The largest absolute Gasteiger partial charge is 0.309 e. The summed E-state index contributed by atoms with van der Waals surface area (Å²) in [6, 6.07) is 3.60. The Labute approximate surface area is 88.8 Å². The second-order valence-electron chi connectivity index (χ2n) is 3.44. The normalized spacial score (nSPS) is 10.3. The van der Waals surface area contributed by atoms with Crippen LogP contribution >= 0.6 is 0 Å². The lowest BCUT2D eigenvalue weighted by Gasteiger charge is -2.06. The highest BCUT2D eigenvalue weighted by Gasteiger charge is 2.02. The molecule has 0 fully saturated rings. The van der Waals surface area contributed by atoms with Crippen LogP contribution in [0.5, 0.6) is 0 Å². The number of hydrogen-bond acceptors (Lipinski definition) is 1. The second-order valence-corrected chi connectivity index (χ2v) is 3.44. The van der Waals surface area contributed by atoms with Gasteiger partial charge >= 0.3 is 0 Å². The molecule has 0 atom stereocenters. The van der Waals surface area contributed by atoms with Gasteiger partial charge in [0.15, 0.2) is 0 Å². The van der Waals surface area contributed by atoms with E-state index in [1.165, 1.54) is 12.1 Å². The Morgan fingerprint density at radius 3 is 2.73 bits per heavy atom. The van der Waals surface area contributed by atoms with Crippen molar-refractivity contribution in [3.8, 4) is 0 Å². The van der Waals surface area contributed by atoms with Crippen molar-refractivity contribution in [1.82, 2.24) is 5.32 Å². The van der Waals surface area contributed by atoms with Crippen LogP contribution in [0.4, 0.5) is 8.78 Å². The van der Waals surface area contributed by atoms with Gasteiger partial charge in [0.1, 0.15) is 11.6 Å². The maximum Gasteiger partial charge on any atom is 0.130 e. The molecule has 3 heteroatoms. The lowest BCUT2D eigenvalue weighted by molar-refractivity contribution is 0.563. The summed E-state index contributed by atoms with van der Waals surface area (Å²) in [5.74, 6) is -1.06. The predicted octanol–water partition coefficient (Wildman–Crippen LogP) is 3.02. The van der Waals surface area contributed by atoms with Crippen LogP contribution in [0.15, 0.2) is 30.4 Å². The van der Waals surface area contributed by atoms with Crippen molar-refractivity contribution in [2.24, 2.45) is 0 Å². The van der Waals surface area contributed by atoms with Crippen molar-refractivity contribution in [1.29, 1.82) is 0 Å². The van der Waals surface area contributed by atoms with Crippen LogP contribution in [0.25, 0.3) is 0 Å². The number of nitrogens with one attached hydrogen (secondary N) is 1. The topological polar surface area (TPSA) is 12.0 Å². The third-order valence-corrected chi connectivity index (χ3v) is 2.21. The van der Waals surface area contributed by atoms with Gasteiger partial charge < -0.3 is 5.32 Å². The van der Waals surface area contributed by atoms with Crippen molar-refractivity contribution < 1.29 is 8.78 Å². The molecule has 0 saturated heterocycles. The van der Waals surface area contributed by atoms with E-state index in [1.54, 1.807) is 0 Å². The van der Waals surface area contributed by atoms with Crippen LogP contribution < -0.4 is 5.32 Å². The minimum Gasteiger partial charge on any atom is -0.309 e. The molecule has 1 N–H and O–H groups in total. The Balaban J connectivity index is 2.47. The summed E-state index contributed by atoms with van der Waals surface area (Å²) in [6.45, 7) is 6.90. The summed E-state index contributed by atoms with van der Waals surface area (Å²) < 4.78 is 25.7. The first-order valence-electron chi connectivity index (χ1n) is 4.94. The second kappa shape index (κ2) is 5.61. The highest BCUT2D eigenvalue weighted by Crippen LogP contribution is 2.09. The van der Waals surface area contributed by atoms with Crippen LogP contribution in [-0.4, -0.2) is 6.54 Å². The maximum atomic E-state index is 13.2. The minimum atomic E-state index is -0.547. The highest BCUT2D eigenvalue weighted by atomic mass is 19.1. The highest BCUT2D eigenvalue weighted by molar-refractivity contribution is 5.18. The molecule has 0 aliphatic heterocycles. The van der Waals surface area contributed by atoms with Crippen LogP contribution in [0.3, 0.4) is 0 Å². The summed E-state index contributed by atoms with van der Waals surface area (Å²) in [4.78, 5) is 0. The van der Waals surface area contributed by atoms with Gasteiger partial charge in [0.25, 0.3) is 0 Å². The van der Waals surface area contributed by atoms with Crippen LogP contribution in [-0.2, 0) is 6.54 Å². The van der Waals surface area contributed by atoms with E-state index in [2.05, 4.69) is 11.9 Å². The molecule has 1 rings (SSSR count). The quantitative estimate of drug-likeness (QED) is 0.738. The maximum absolute atomic E-state index is 13.2. The first kappa shape index (κ1) is 11.9. The SMILES string of the molecule is C=C(CC)CNCc1ccc(F)cc1F. The molecule has 0 aliphatic rings. The van der Waals surface area contributed by atoms with E-state index in [0.717, 1.165) is 18.1 Å². The van der Waals surface area contributed by atoms with Gasteiger partial charge in [-0.3, -0.25) is 0 Å². The number of halogens is 2.